The Morgan fingerprint density at radius 2 is 1.75 bits per heavy atom. The van der Waals surface area contributed by atoms with Gasteiger partial charge in [0, 0.05) is 6.92 Å². The van der Waals surface area contributed by atoms with Gasteiger partial charge in [0.25, 0.3) is 10.1 Å². The summed E-state index contributed by atoms with van der Waals surface area (Å²) in [7, 11) is -8.20. The first kappa shape index (κ1) is 25.4. The minimum absolute atomic E-state index is 0.204. The van der Waals surface area contributed by atoms with Crippen molar-refractivity contribution < 1.29 is 30.6 Å². The van der Waals surface area contributed by atoms with Gasteiger partial charge in [-0.2, -0.15) is 8.42 Å². The first-order valence-corrected chi connectivity index (χ1v) is 15.2. The van der Waals surface area contributed by atoms with Gasteiger partial charge >= 0.3 is 5.97 Å². The second-order valence-electron chi connectivity index (χ2n) is 10.6. The Morgan fingerprint density at radius 3 is 2.47 bits per heavy atom. The van der Waals surface area contributed by atoms with Crippen molar-refractivity contribution >= 4 is 26.1 Å². The molecule has 0 heterocycles. The van der Waals surface area contributed by atoms with Crippen LogP contribution in [0.25, 0.3) is 0 Å². The van der Waals surface area contributed by atoms with E-state index in [0.29, 0.717) is 29.9 Å². The quantitative estimate of drug-likeness (QED) is 0.351. The van der Waals surface area contributed by atoms with E-state index in [1.807, 2.05) is 12.1 Å². The Balaban J connectivity index is 1.37. The largest absolute Gasteiger partial charge is 0.427 e. The number of esters is 1. The maximum Gasteiger partial charge on any atom is 0.308 e. The Bertz CT molecular complexity index is 1420. The minimum Gasteiger partial charge on any atom is -0.427 e. The zero-order chi connectivity index (χ0) is 25.9. The molecule has 2 aromatic carbocycles. The molecule has 3 aliphatic rings. The number of ether oxygens (including phenoxy) is 1. The van der Waals surface area contributed by atoms with Gasteiger partial charge in [0.15, 0.2) is 0 Å². The van der Waals surface area contributed by atoms with Crippen LogP contribution < -0.4 is 9.88 Å². The summed E-state index contributed by atoms with van der Waals surface area (Å²) in [6.45, 7) is 3.54. The molecule has 0 radical (unpaired) electrons. The molecular weight excluding hydrogens is 502 g/mol. The number of benzene rings is 2. The fourth-order valence-electron chi connectivity index (χ4n) is 6.91. The summed E-state index contributed by atoms with van der Waals surface area (Å²) in [5.41, 5.74) is 2.24. The van der Waals surface area contributed by atoms with E-state index < -0.39 is 26.2 Å². The molecule has 8 nitrogen and oxygen atoms in total. The van der Waals surface area contributed by atoms with E-state index in [2.05, 4.69) is 13.0 Å². The Labute approximate surface area is 212 Å². The normalized spacial score (nSPS) is 29.6. The summed E-state index contributed by atoms with van der Waals surface area (Å²) in [6.07, 6.45) is 4.70. The summed E-state index contributed by atoms with van der Waals surface area (Å²) in [4.78, 5) is 10.9. The number of rotatable bonds is 5. The van der Waals surface area contributed by atoms with Gasteiger partial charge in [0.1, 0.15) is 5.75 Å². The number of nitrogens with two attached hydrogens (primary N) is 1. The van der Waals surface area contributed by atoms with Crippen LogP contribution in [0.15, 0.2) is 52.3 Å². The number of hydrogen-bond donors (Lipinski definition) is 1. The number of aryl methyl sites for hydroxylation is 1. The molecule has 2 aromatic rings. The zero-order valence-electron chi connectivity index (χ0n) is 20.3. The molecule has 0 aromatic heterocycles. The van der Waals surface area contributed by atoms with Gasteiger partial charge in [-0.3, -0.25) is 8.98 Å². The van der Waals surface area contributed by atoms with Crippen LogP contribution in [-0.4, -0.2) is 28.9 Å². The summed E-state index contributed by atoms with van der Waals surface area (Å²) >= 11 is 0. The predicted molar refractivity (Wildman–Crippen MR) is 132 cm³/mol. The SMILES string of the molecule is CC(=O)Oc1ccc2c(c1)CC[C@@H]1[C@@H]2CC[C@]2(C)[C@@H](OS(=O)(=O)c3cccc(S(N)(=O)=O)c3)CC[C@@H]12. The van der Waals surface area contributed by atoms with Gasteiger partial charge in [0.05, 0.1) is 15.9 Å². The number of sulfonamides is 1. The molecule has 0 amide bonds. The topological polar surface area (TPSA) is 130 Å². The van der Waals surface area contributed by atoms with E-state index in [1.54, 1.807) is 0 Å². The molecule has 36 heavy (non-hydrogen) atoms. The number of carbonyl (C=O) groups is 1. The van der Waals surface area contributed by atoms with Crippen molar-refractivity contribution in [1.29, 1.82) is 0 Å². The lowest BCUT2D eigenvalue weighted by Gasteiger charge is -2.50. The second kappa shape index (κ2) is 8.93. The average molecular weight is 534 g/mol. The van der Waals surface area contributed by atoms with E-state index in [-0.39, 0.29) is 21.2 Å². The van der Waals surface area contributed by atoms with Crippen LogP contribution in [0.5, 0.6) is 5.75 Å². The highest BCUT2D eigenvalue weighted by molar-refractivity contribution is 7.89. The maximum atomic E-state index is 13.1. The first-order valence-electron chi connectivity index (χ1n) is 12.3. The van der Waals surface area contributed by atoms with Crippen molar-refractivity contribution in [3.8, 4) is 5.75 Å². The van der Waals surface area contributed by atoms with Crippen LogP contribution in [-0.2, 0) is 35.5 Å². The third-order valence-corrected chi connectivity index (χ3v) is 10.8. The van der Waals surface area contributed by atoms with Crippen molar-refractivity contribution in [2.45, 2.75) is 74.2 Å². The molecule has 0 saturated heterocycles. The molecule has 194 valence electrons. The highest BCUT2D eigenvalue weighted by atomic mass is 32.2. The van der Waals surface area contributed by atoms with Crippen LogP contribution in [0.2, 0.25) is 0 Å². The molecule has 2 fully saturated rings. The molecule has 5 rings (SSSR count). The molecule has 2 saturated carbocycles. The highest BCUT2D eigenvalue weighted by Gasteiger charge is 2.56. The first-order chi connectivity index (χ1) is 16.9. The van der Waals surface area contributed by atoms with E-state index in [4.69, 9.17) is 14.1 Å². The van der Waals surface area contributed by atoms with Crippen LogP contribution in [0.3, 0.4) is 0 Å². The number of hydrogen-bond acceptors (Lipinski definition) is 7. The van der Waals surface area contributed by atoms with Gasteiger partial charge in [-0.05, 0) is 103 Å². The molecule has 0 bridgehead atoms. The third kappa shape index (κ3) is 4.49. The maximum absolute atomic E-state index is 13.1. The van der Waals surface area contributed by atoms with Crippen LogP contribution in [0.1, 0.15) is 63.0 Å². The number of primary sulfonamides is 1. The second-order valence-corrected chi connectivity index (χ2v) is 13.7. The fraction of sp³-hybridized carbons (Fsp3) is 0.500. The zero-order valence-corrected chi connectivity index (χ0v) is 22.0. The van der Waals surface area contributed by atoms with Crippen molar-refractivity contribution in [2.75, 3.05) is 0 Å². The van der Waals surface area contributed by atoms with Gasteiger partial charge in [0.2, 0.25) is 10.0 Å². The third-order valence-electron chi connectivity index (χ3n) is 8.54. The van der Waals surface area contributed by atoms with Crippen LogP contribution >= 0.6 is 0 Å². The molecule has 2 N–H and O–H groups in total. The van der Waals surface area contributed by atoms with Gasteiger partial charge < -0.3 is 4.74 Å². The predicted octanol–water partition coefficient (Wildman–Crippen LogP) is 3.89. The van der Waals surface area contributed by atoms with Crippen molar-refractivity contribution in [2.24, 2.45) is 22.4 Å². The summed E-state index contributed by atoms with van der Waals surface area (Å²) in [5, 5.41) is 5.18. The highest BCUT2D eigenvalue weighted by Crippen LogP contribution is 2.62. The standard InChI is InChI=1S/C26H31NO7S2/c1-16(28)33-18-7-9-21-17(14-18)6-8-23-22(21)12-13-26(2)24(23)10-11-25(26)34-36(31,32)20-5-3-4-19(15-20)35(27,29)30/h3-5,7,9,14-15,22-25H,6,8,10-13H2,1-2H3,(H2,27,29,30)/t22-,23-,24+,25+,26+/m1/s1. The minimum atomic E-state index is -4.17. The Morgan fingerprint density at radius 1 is 1.00 bits per heavy atom. The molecular formula is C26H31NO7S2. The van der Waals surface area contributed by atoms with Gasteiger partial charge in [-0.1, -0.05) is 19.1 Å². The van der Waals surface area contributed by atoms with Crippen molar-refractivity contribution in [3.05, 3.63) is 53.6 Å². The van der Waals surface area contributed by atoms with E-state index in [1.165, 1.54) is 36.2 Å². The van der Waals surface area contributed by atoms with E-state index in [9.17, 15) is 21.6 Å². The van der Waals surface area contributed by atoms with Crippen molar-refractivity contribution in [3.63, 3.8) is 0 Å². The molecule has 3 aliphatic carbocycles. The number of carbonyl (C=O) groups excluding carboxylic acids is 1. The lowest BCUT2D eigenvalue weighted by molar-refractivity contribution is -0.131. The van der Waals surface area contributed by atoms with E-state index >= 15 is 0 Å². The lowest BCUT2D eigenvalue weighted by Crippen LogP contribution is -2.45. The molecule has 10 heteroatoms. The van der Waals surface area contributed by atoms with E-state index in [0.717, 1.165) is 38.2 Å². The molecule has 0 aliphatic heterocycles. The Hall–Kier alpha value is -2.27. The summed E-state index contributed by atoms with van der Waals surface area (Å²) in [5.74, 6) is 1.39. The van der Waals surface area contributed by atoms with Crippen molar-refractivity contribution in [1.82, 2.24) is 0 Å². The average Bonchev–Trinajstić information content (AvgIpc) is 3.13. The van der Waals surface area contributed by atoms with Gasteiger partial charge in [-0.25, -0.2) is 13.6 Å². The lowest BCUT2D eigenvalue weighted by atomic mass is 9.55. The Kier molecular flexibility index (Phi) is 6.30. The molecule has 5 atom stereocenters. The summed E-state index contributed by atoms with van der Waals surface area (Å²) < 4.78 is 60.8. The van der Waals surface area contributed by atoms with Crippen LogP contribution in [0.4, 0.5) is 0 Å². The fourth-order valence-corrected chi connectivity index (χ4v) is 8.80. The molecule has 0 unspecified atom stereocenters. The number of fused-ring (bicyclic) bond motifs is 5. The smallest absolute Gasteiger partial charge is 0.308 e. The summed E-state index contributed by atoms with van der Waals surface area (Å²) in [6, 6.07) is 10.9. The van der Waals surface area contributed by atoms with Crippen LogP contribution in [0, 0.1) is 17.3 Å². The van der Waals surface area contributed by atoms with Gasteiger partial charge in [-0.15, -0.1) is 0 Å². The molecule has 0 spiro atoms. The monoisotopic (exact) mass is 533 g/mol.